The Labute approximate surface area is 115 Å². The monoisotopic (exact) mass is 268 g/mol. The van der Waals surface area contributed by atoms with Crippen molar-refractivity contribution in [3.63, 3.8) is 0 Å². The van der Waals surface area contributed by atoms with Crippen LogP contribution in [-0.2, 0) is 4.79 Å². The number of rotatable bonds is 9. The molecule has 0 aromatic carbocycles. The maximum atomic E-state index is 11.2. The molecule has 0 rings (SSSR count). The topological polar surface area (TPSA) is 37.3 Å². The minimum Gasteiger partial charge on any atom is -0.391 e. The summed E-state index contributed by atoms with van der Waals surface area (Å²) in [6.07, 6.45) is 14.3. The van der Waals surface area contributed by atoms with E-state index in [-0.39, 0.29) is 11.2 Å². The molecular weight excluding hydrogens is 248 g/mol. The molecule has 0 radical (unpaired) electrons. The summed E-state index contributed by atoms with van der Waals surface area (Å²) >= 11 is 6.01. The van der Waals surface area contributed by atoms with Crippen molar-refractivity contribution in [2.24, 2.45) is 0 Å². The molecule has 2 atom stereocenters. The molecule has 0 spiro atoms. The molecule has 3 heteroatoms. The highest BCUT2D eigenvalue weighted by Gasteiger charge is 2.13. The number of halogens is 1. The van der Waals surface area contributed by atoms with Gasteiger partial charge in [-0.25, -0.2) is 0 Å². The van der Waals surface area contributed by atoms with E-state index in [1.54, 1.807) is 12.2 Å². The molecule has 0 heterocycles. The molecule has 0 fully saturated rings. The molecule has 0 aromatic rings. The molecule has 0 amide bonds. The van der Waals surface area contributed by atoms with E-state index < -0.39 is 6.10 Å². The first-order valence-corrected chi connectivity index (χ1v) is 6.65. The second-order valence-corrected chi connectivity index (χ2v) is 4.65. The zero-order valence-corrected chi connectivity index (χ0v) is 11.6. The quantitative estimate of drug-likeness (QED) is 0.396. The molecule has 18 heavy (non-hydrogen) atoms. The van der Waals surface area contributed by atoms with E-state index in [2.05, 4.69) is 5.92 Å². The minimum absolute atomic E-state index is 0.234. The van der Waals surface area contributed by atoms with Crippen molar-refractivity contribution in [2.75, 3.05) is 0 Å². The molecule has 100 valence electrons. The molecule has 0 aliphatic heterocycles. The number of carbonyl (C=O) groups excluding carboxylic acids is 1. The molecule has 1 N–H and O–H groups in total. The zero-order chi connectivity index (χ0) is 13.8. The fourth-order valence-corrected chi connectivity index (χ4v) is 1.61. The Morgan fingerprint density at radius 3 is 2.72 bits per heavy atom. The highest BCUT2D eigenvalue weighted by molar-refractivity contribution is 6.21. The highest BCUT2D eigenvalue weighted by atomic mass is 35.5. The summed E-state index contributed by atoms with van der Waals surface area (Å²) in [5.41, 5.74) is 0. The lowest BCUT2D eigenvalue weighted by atomic mass is 10.1. The third-order valence-corrected chi connectivity index (χ3v) is 2.88. The van der Waals surface area contributed by atoms with Crippen LogP contribution < -0.4 is 0 Å². The van der Waals surface area contributed by atoms with Crippen molar-refractivity contribution >= 4 is 17.4 Å². The van der Waals surface area contributed by atoms with Crippen LogP contribution in [0.15, 0.2) is 24.3 Å². The van der Waals surface area contributed by atoms with Gasteiger partial charge in [-0.3, -0.25) is 4.79 Å². The fraction of sp³-hybridized carbons (Fsp3) is 0.533. The summed E-state index contributed by atoms with van der Waals surface area (Å²) in [5.74, 6) is 2.59. The number of ketones is 1. The van der Waals surface area contributed by atoms with E-state index in [0.717, 1.165) is 6.42 Å². The number of aliphatic hydroxyl groups excluding tert-OH is 1. The van der Waals surface area contributed by atoms with Gasteiger partial charge in [0.25, 0.3) is 0 Å². The first-order chi connectivity index (χ1) is 8.61. The van der Waals surface area contributed by atoms with Gasteiger partial charge < -0.3 is 5.11 Å². The Hall–Kier alpha value is -1.04. The van der Waals surface area contributed by atoms with Crippen molar-refractivity contribution in [3.05, 3.63) is 24.3 Å². The molecule has 0 unspecified atom stereocenters. The number of terminal acetylenes is 1. The second-order valence-electron chi connectivity index (χ2n) is 4.09. The van der Waals surface area contributed by atoms with Crippen molar-refractivity contribution in [3.8, 4) is 12.3 Å². The fourth-order valence-electron chi connectivity index (χ4n) is 1.40. The van der Waals surface area contributed by atoms with Crippen molar-refractivity contribution in [1.29, 1.82) is 0 Å². The Morgan fingerprint density at radius 1 is 1.39 bits per heavy atom. The Bertz CT molecular complexity index is 326. The number of carbonyl (C=O) groups is 1. The highest BCUT2D eigenvalue weighted by Crippen LogP contribution is 2.12. The molecule has 0 aliphatic rings. The van der Waals surface area contributed by atoms with E-state index in [0.29, 0.717) is 25.7 Å². The summed E-state index contributed by atoms with van der Waals surface area (Å²) in [5, 5.41) is 9.33. The average Bonchev–Trinajstić information content (AvgIpc) is 2.35. The van der Waals surface area contributed by atoms with E-state index >= 15 is 0 Å². The predicted octanol–water partition coefficient (Wildman–Crippen LogP) is 3.24. The second kappa shape index (κ2) is 11.1. The van der Waals surface area contributed by atoms with E-state index in [9.17, 15) is 9.90 Å². The van der Waals surface area contributed by atoms with E-state index in [1.165, 1.54) is 0 Å². The largest absolute Gasteiger partial charge is 0.391 e. The molecule has 0 saturated carbocycles. The maximum Gasteiger partial charge on any atom is 0.136 e. The van der Waals surface area contributed by atoms with Gasteiger partial charge in [0, 0.05) is 12.8 Å². The average molecular weight is 269 g/mol. The van der Waals surface area contributed by atoms with Gasteiger partial charge in [0.05, 0.1) is 11.5 Å². The Balaban J connectivity index is 3.84. The van der Waals surface area contributed by atoms with Crippen LogP contribution >= 0.6 is 11.6 Å². The van der Waals surface area contributed by atoms with Crippen LogP contribution in [0.4, 0.5) is 0 Å². The van der Waals surface area contributed by atoms with Crippen LogP contribution in [0.2, 0.25) is 0 Å². The normalized spacial score (nSPS) is 14.8. The lowest BCUT2D eigenvalue weighted by Crippen LogP contribution is -2.19. The van der Waals surface area contributed by atoms with Gasteiger partial charge in [-0.1, -0.05) is 31.1 Å². The number of aliphatic hydroxyl groups is 1. The van der Waals surface area contributed by atoms with Gasteiger partial charge in [0.15, 0.2) is 0 Å². The first-order valence-electron chi connectivity index (χ1n) is 6.21. The zero-order valence-electron chi connectivity index (χ0n) is 10.8. The minimum atomic E-state index is -0.618. The number of alkyl halides is 1. The Kier molecular flexibility index (Phi) is 10.4. The lowest BCUT2D eigenvalue weighted by Gasteiger charge is -2.12. The number of allylic oxidation sites excluding steroid dienone is 3. The third kappa shape index (κ3) is 9.04. The third-order valence-electron chi connectivity index (χ3n) is 2.41. The van der Waals surface area contributed by atoms with Gasteiger partial charge >= 0.3 is 0 Å². The summed E-state index contributed by atoms with van der Waals surface area (Å²) in [4.78, 5) is 11.2. The molecule has 0 aliphatic carbocycles. The first kappa shape index (κ1) is 17.0. The molecule has 2 nitrogen and oxygen atoms in total. The SMILES string of the molecule is C#C/C=C\C[C@@H](O)[C@@H](Cl)C/C=C\CC(=O)CCC. The van der Waals surface area contributed by atoms with Crippen molar-refractivity contribution in [1.82, 2.24) is 0 Å². The van der Waals surface area contributed by atoms with Crippen LogP contribution in [-0.4, -0.2) is 22.4 Å². The molecular formula is C15H21ClO2. The molecule has 0 aromatic heterocycles. The van der Waals surface area contributed by atoms with Crippen LogP contribution in [0.3, 0.4) is 0 Å². The Morgan fingerprint density at radius 2 is 2.11 bits per heavy atom. The van der Waals surface area contributed by atoms with Crippen LogP contribution in [0, 0.1) is 12.3 Å². The summed E-state index contributed by atoms with van der Waals surface area (Å²) in [7, 11) is 0. The number of Topliss-reactive ketones (excluding diaryl/α,β-unsaturated/α-hetero) is 1. The smallest absolute Gasteiger partial charge is 0.136 e. The van der Waals surface area contributed by atoms with Crippen LogP contribution in [0.5, 0.6) is 0 Å². The van der Waals surface area contributed by atoms with E-state index in [4.69, 9.17) is 18.0 Å². The van der Waals surface area contributed by atoms with Crippen molar-refractivity contribution < 1.29 is 9.90 Å². The number of hydrogen-bond acceptors (Lipinski definition) is 2. The van der Waals surface area contributed by atoms with Gasteiger partial charge in [-0.2, -0.15) is 0 Å². The maximum absolute atomic E-state index is 11.2. The van der Waals surface area contributed by atoms with Gasteiger partial charge in [0.2, 0.25) is 0 Å². The predicted molar refractivity (Wildman–Crippen MR) is 76.5 cm³/mol. The van der Waals surface area contributed by atoms with Gasteiger partial charge in [-0.15, -0.1) is 18.0 Å². The summed E-state index contributed by atoms with van der Waals surface area (Å²) in [6.45, 7) is 1.98. The molecule has 0 saturated heterocycles. The van der Waals surface area contributed by atoms with Gasteiger partial charge in [-0.05, 0) is 25.3 Å². The molecule has 0 bridgehead atoms. The van der Waals surface area contributed by atoms with Crippen molar-refractivity contribution in [2.45, 2.75) is 50.5 Å². The van der Waals surface area contributed by atoms with Crippen LogP contribution in [0.1, 0.15) is 39.0 Å². The van der Waals surface area contributed by atoms with Gasteiger partial charge in [0.1, 0.15) is 5.78 Å². The summed E-state index contributed by atoms with van der Waals surface area (Å²) in [6, 6.07) is 0. The number of hydrogen-bond donors (Lipinski definition) is 1. The summed E-state index contributed by atoms with van der Waals surface area (Å²) < 4.78 is 0. The standard InChI is InChI=1S/C15H21ClO2/c1-3-5-6-12-15(18)14(16)11-8-7-10-13(17)9-4-2/h1,5-8,14-15,18H,4,9-12H2,2H3/b6-5-,8-7-/t14-,15+/m0/s1. The van der Waals surface area contributed by atoms with E-state index in [1.807, 2.05) is 19.1 Å². The lowest BCUT2D eigenvalue weighted by molar-refractivity contribution is -0.118. The van der Waals surface area contributed by atoms with Crippen LogP contribution in [0.25, 0.3) is 0 Å².